The summed E-state index contributed by atoms with van der Waals surface area (Å²) in [5.41, 5.74) is 3.21. The third-order valence-electron chi connectivity index (χ3n) is 4.49. The molecule has 0 N–H and O–H groups in total. The molecule has 1 saturated heterocycles. The van der Waals surface area contributed by atoms with Gasteiger partial charge in [-0.25, -0.2) is 9.97 Å². The van der Waals surface area contributed by atoms with Crippen LogP contribution in [0.1, 0.15) is 29.3 Å². The van der Waals surface area contributed by atoms with Gasteiger partial charge in [0.2, 0.25) is 0 Å². The Hall–Kier alpha value is -1.84. The quantitative estimate of drug-likeness (QED) is 0.859. The summed E-state index contributed by atoms with van der Waals surface area (Å²) in [6, 6.07) is 4.31. The highest BCUT2D eigenvalue weighted by Crippen LogP contribution is 2.45. The summed E-state index contributed by atoms with van der Waals surface area (Å²) in [7, 11) is 0. The molecule has 2 atom stereocenters. The summed E-state index contributed by atoms with van der Waals surface area (Å²) in [5, 5.41) is 0. The largest absolute Gasteiger partial charge is 0.448 e. The highest BCUT2D eigenvalue weighted by atomic mass is 16.3. The van der Waals surface area contributed by atoms with E-state index in [1.165, 1.54) is 25.1 Å². The molecule has 3 heterocycles. The van der Waals surface area contributed by atoms with Gasteiger partial charge in [-0.3, -0.25) is 0 Å². The standard InChI is InChI=1S/C16H19N3O/c1-10-9-20-16(17-10)6-12-3-4-15(18-11(12)2)19-7-13-5-14(13)8-19/h3-4,9,13-14H,5-8H2,1-2H3. The van der Waals surface area contributed by atoms with E-state index in [4.69, 9.17) is 9.40 Å². The van der Waals surface area contributed by atoms with Gasteiger partial charge in [-0.2, -0.15) is 0 Å². The van der Waals surface area contributed by atoms with Crippen LogP contribution < -0.4 is 4.90 Å². The maximum Gasteiger partial charge on any atom is 0.198 e. The molecule has 1 aliphatic carbocycles. The van der Waals surface area contributed by atoms with Crippen molar-refractivity contribution in [2.75, 3.05) is 18.0 Å². The molecule has 4 rings (SSSR count). The van der Waals surface area contributed by atoms with E-state index in [0.717, 1.165) is 41.4 Å². The smallest absolute Gasteiger partial charge is 0.198 e. The zero-order valence-corrected chi connectivity index (χ0v) is 12.0. The molecular weight excluding hydrogens is 250 g/mol. The highest BCUT2D eigenvalue weighted by molar-refractivity contribution is 5.44. The number of nitrogens with zero attached hydrogens (tertiary/aromatic N) is 3. The number of piperidine rings is 1. The van der Waals surface area contributed by atoms with Crippen LogP contribution in [-0.4, -0.2) is 23.1 Å². The Labute approximate surface area is 118 Å². The van der Waals surface area contributed by atoms with Crippen LogP contribution in [0.2, 0.25) is 0 Å². The predicted octanol–water partition coefficient (Wildman–Crippen LogP) is 2.73. The van der Waals surface area contributed by atoms with Crippen LogP contribution in [0.4, 0.5) is 5.82 Å². The summed E-state index contributed by atoms with van der Waals surface area (Å²) >= 11 is 0. The van der Waals surface area contributed by atoms with Crippen molar-refractivity contribution in [1.29, 1.82) is 0 Å². The second kappa shape index (κ2) is 4.33. The molecule has 4 nitrogen and oxygen atoms in total. The highest BCUT2D eigenvalue weighted by Gasteiger charge is 2.45. The maximum absolute atomic E-state index is 5.42. The molecule has 2 unspecified atom stereocenters. The second-order valence-corrected chi connectivity index (χ2v) is 6.13. The van der Waals surface area contributed by atoms with E-state index < -0.39 is 0 Å². The topological polar surface area (TPSA) is 42.2 Å². The van der Waals surface area contributed by atoms with E-state index in [9.17, 15) is 0 Å². The first kappa shape index (κ1) is 11.9. The van der Waals surface area contributed by atoms with Gasteiger partial charge in [0.15, 0.2) is 5.89 Å². The van der Waals surface area contributed by atoms with Gasteiger partial charge in [-0.05, 0) is 43.7 Å². The number of aromatic nitrogens is 2. The zero-order valence-electron chi connectivity index (χ0n) is 12.0. The van der Waals surface area contributed by atoms with Gasteiger partial charge < -0.3 is 9.32 Å². The van der Waals surface area contributed by atoms with E-state index in [1.807, 2.05) is 6.92 Å². The Balaban J connectivity index is 1.53. The third-order valence-corrected chi connectivity index (χ3v) is 4.49. The number of pyridine rings is 1. The van der Waals surface area contributed by atoms with E-state index >= 15 is 0 Å². The van der Waals surface area contributed by atoms with Crippen LogP contribution in [0.5, 0.6) is 0 Å². The first-order chi connectivity index (χ1) is 9.69. The van der Waals surface area contributed by atoms with Gasteiger partial charge in [-0.15, -0.1) is 0 Å². The Bertz CT molecular complexity index is 639. The van der Waals surface area contributed by atoms with Crippen LogP contribution in [0, 0.1) is 25.7 Å². The zero-order chi connectivity index (χ0) is 13.7. The lowest BCUT2D eigenvalue weighted by molar-refractivity contribution is 0.506. The average molecular weight is 269 g/mol. The molecule has 0 aromatic carbocycles. The van der Waals surface area contributed by atoms with Crippen molar-refractivity contribution in [3.05, 3.63) is 41.2 Å². The molecule has 1 saturated carbocycles. The first-order valence-electron chi connectivity index (χ1n) is 7.31. The fraction of sp³-hybridized carbons (Fsp3) is 0.500. The van der Waals surface area contributed by atoms with Gasteiger partial charge >= 0.3 is 0 Å². The van der Waals surface area contributed by atoms with E-state index in [2.05, 4.69) is 28.9 Å². The minimum Gasteiger partial charge on any atom is -0.448 e. The van der Waals surface area contributed by atoms with E-state index in [1.54, 1.807) is 6.26 Å². The van der Waals surface area contributed by atoms with Crippen LogP contribution in [0.15, 0.2) is 22.8 Å². The number of fused-ring (bicyclic) bond motifs is 1. The molecule has 20 heavy (non-hydrogen) atoms. The Morgan fingerprint density at radius 1 is 1.20 bits per heavy atom. The van der Waals surface area contributed by atoms with Crippen molar-refractivity contribution in [3.63, 3.8) is 0 Å². The van der Waals surface area contributed by atoms with Gasteiger partial charge in [0, 0.05) is 18.8 Å². The lowest BCUT2D eigenvalue weighted by Crippen LogP contribution is -2.23. The second-order valence-electron chi connectivity index (χ2n) is 6.13. The predicted molar refractivity (Wildman–Crippen MR) is 76.8 cm³/mol. The monoisotopic (exact) mass is 269 g/mol. The first-order valence-corrected chi connectivity index (χ1v) is 7.31. The molecule has 0 spiro atoms. The SMILES string of the molecule is Cc1coc(Cc2ccc(N3CC4CC4C3)nc2C)n1. The van der Waals surface area contributed by atoms with E-state index in [0.29, 0.717) is 0 Å². The van der Waals surface area contributed by atoms with Gasteiger partial charge in [0.25, 0.3) is 0 Å². The molecule has 2 fully saturated rings. The van der Waals surface area contributed by atoms with Crippen LogP contribution in [0.25, 0.3) is 0 Å². The number of rotatable bonds is 3. The minimum absolute atomic E-state index is 0.720. The van der Waals surface area contributed by atoms with Crippen molar-refractivity contribution in [1.82, 2.24) is 9.97 Å². The Morgan fingerprint density at radius 3 is 2.65 bits per heavy atom. The molecule has 2 aromatic heterocycles. The Morgan fingerprint density at radius 2 is 2.00 bits per heavy atom. The van der Waals surface area contributed by atoms with Gasteiger partial charge in [0.1, 0.15) is 12.1 Å². The number of anilines is 1. The molecule has 4 heteroatoms. The van der Waals surface area contributed by atoms with Crippen molar-refractivity contribution in [3.8, 4) is 0 Å². The molecule has 0 amide bonds. The maximum atomic E-state index is 5.42. The lowest BCUT2D eigenvalue weighted by Gasteiger charge is -2.20. The van der Waals surface area contributed by atoms with Gasteiger partial charge in [-0.1, -0.05) is 6.07 Å². The van der Waals surface area contributed by atoms with Crippen molar-refractivity contribution >= 4 is 5.82 Å². The number of hydrogen-bond donors (Lipinski definition) is 0. The van der Waals surface area contributed by atoms with Crippen LogP contribution >= 0.6 is 0 Å². The summed E-state index contributed by atoms with van der Waals surface area (Å²) < 4.78 is 5.42. The number of aryl methyl sites for hydroxylation is 2. The van der Waals surface area contributed by atoms with Crippen molar-refractivity contribution < 1.29 is 4.42 Å². The molecule has 0 bridgehead atoms. The summed E-state index contributed by atoms with van der Waals surface area (Å²) in [4.78, 5) is 11.5. The van der Waals surface area contributed by atoms with E-state index in [-0.39, 0.29) is 0 Å². The van der Waals surface area contributed by atoms with Crippen LogP contribution in [0.3, 0.4) is 0 Å². The molecule has 2 aromatic rings. The molecule has 2 aliphatic rings. The molecule has 104 valence electrons. The lowest BCUT2D eigenvalue weighted by atomic mass is 10.1. The van der Waals surface area contributed by atoms with Crippen molar-refractivity contribution in [2.24, 2.45) is 11.8 Å². The van der Waals surface area contributed by atoms with Crippen LogP contribution in [-0.2, 0) is 6.42 Å². The fourth-order valence-corrected chi connectivity index (χ4v) is 3.17. The summed E-state index contributed by atoms with van der Waals surface area (Å²) in [6.07, 6.45) is 3.85. The molecule has 1 aliphatic heterocycles. The molecule has 0 radical (unpaired) electrons. The van der Waals surface area contributed by atoms with Crippen molar-refractivity contribution in [2.45, 2.75) is 26.7 Å². The van der Waals surface area contributed by atoms with Gasteiger partial charge in [0.05, 0.1) is 12.1 Å². The minimum atomic E-state index is 0.720. The average Bonchev–Trinajstić information content (AvgIpc) is 2.83. The number of hydrogen-bond acceptors (Lipinski definition) is 4. The Kier molecular flexibility index (Phi) is 2.59. The summed E-state index contributed by atoms with van der Waals surface area (Å²) in [5.74, 6) is 3.77. The third kappa shape index (κ3) is 2.09. The molecular formula is C16H19N3O. The normalized spacial score (nSPS) is 24.0. The fourth-order valence-electron chi connectivity index (χ4n) is 3.17. The number of oxazole rings is 1. The summed E-state index contributed by atoms with van der Waals surface area (Å²) in [6.45, 7) is 6.40.